The van der Waals surface area contributed by atoms with E-state index in [0.717, 1.165) is 24.8 Å². The van der Waals surface area contributed by atoms with Crippen molar-refractivity contribution in [2.45, 2.75) is 59.0 Å². The molecular formula is C24H38ClNO6. The second-order valence-electron chi connectivity index (χ2n) is 10.0. The lowest BCUT2D eigenvalue weighted by Gasteiger charge is -2.61. The van der Waals surface area contributed by atoms with Crippen LogP contribution in [0.1, 0.15) is 52.9 Å². The van der Waals surface area contributed by atoms with Gasteiger partial charge in [-0.3, -0.25) is 9.59 Å². The number of halogens is 1. The SMILES string of the molecule is CNCCOC(=O)/C=C1\CC[C@H]2[C@@H](C(=O)C[C@@H]3[C@]2(C)CC[C@H](O)[C@]3(C)C(=O)OC)[C@H]1C.Cl. The number of Topliss-reactive ketones (excluding diaryl/α,β-unsaturated/α-hetero) is 1. The van der Waals surface area contributed by atoms with Crippen molar-refractivity contribution in [2.24, 2.45) is 34.5 Å². The fourth-order valence-corrected chi connectivity index (χ4v) is 6.77. The Labute approximate surface area is 197 Å². The number of aliphatic hydroxyl groups excluding tert-OH is 1. The van der Waals surface area contributed by atoms with Crippen LogP contribution in [0.2, 0.25) is 0 Å². The van der Waals surface area contributed by atoms with Crippen LogP contribution in [0, 0.1) is 34.5 Å². The Morgan fingerprint density at radius 3 is 2.59 bits per heavy atom. The first kappa shape index (κ1) is 26.8. The van der Waals surface area contributed by atoms with Gasteiger partial charge in [0.1, 0.15) is 12.4 Å². The minimum atomic E-state index is -1.08. The minimum absolute atomic E-state index is 0. The molecule has 0 aliphatic heterocycles. The van der Waals surface area contributed by atoms with E-state index < -0.39 is 17.5 Å². The van der Waals surface area contributed by atoms with E-state index in [1.54, 1.807) is 20.0 Å². The summed E-state index contributed by atoms with van der Waals surface area (Å²) in [4.78, 5) is 38.4. The number of likely N-dealkylation sites (N-methyl/N-ethyl adjacent to an activating group) is 1. The van der Waals surface area contributed by atoms with Crippen LogP contribution in [-0.2, 0) is 23.9 Å². The molecule has 3 fully saturated rings. The van der Waals surface area contributed by atoms with Crippen molar-refractivity contribution in [1.82, 2.24) is 5.32 Å². The molecule has 0 unspecified atom stereocenters. The molecule has 3 aliphatic rings. The summed E-state index contributed by atoms with van der Waals surface area (Å²) in [6.45, 7) is 6.88. The Bertz CT molecular complexity index is 770. The van der Waals surface area contributed by atoms with E-state index in [0.29, 0.717) is 19.6 Å². The van der Waals surface area contributed by atoms with Gasteiger partial charge in [0.15, 0.2) is 0 Å². The van der Waals surface area contributed by atoms with Gasteiger partial charge in [-0.25, -0.2) is 4.79 Å². The van der Waals surface area contributed by atoms with Gasteiger partial charge in [-0.05, 0) is 62.8 Å². The van der Waals surface area contributed by atoms with E-state index in [9.17, 15) is 19.5 Å². The zero-order chi connectivity index (χ0) is 23.0. The van der Waals surface area contributed by atoms with Crippen molar-refractivity contribution in [2.75, 3.05) is 27.3 Å². The molecule has 182 valence electrons. The molecule has 2 N–H and O–H groups in total. The molecule has 7 atom stereocenters. The van der Waals surface area contributed by atoms with Gasteiger partial charge in [0.2, 0.25) is 0 Å². The second kappa shape index (κ2) is 10.2. The van der Waals surface area contributed by atoms with Crippen LogP contribution in [0.5, 0.6) is 0 Å². The topological polar surface area (TPSA) is 102 Å². The molecule has 0 amide bonds. The largest absolute Gasteiger partial charge is 0.469 e. The highest BCUT2D eigenvalue weighted by atomic mass is 35.5. The van der Waals surface area contributed by atoms with Crippen LogP contribution in [0.15, 0.2) is 11.6 Å². The first-order valence-electron chi connectivity index (χ1n) is 11.4. The molecule has 32 heavy (non-hydrogen) atoms. The molecule has 0 aromatic rings. The summed E-state index contributed by atoms with van der Waals surface area (Å²) in [7, 11) is 3.14. The third kappa shape index (κ3) is 4.36. The van der Waals surface area contributed by atoms with Gasteiger partial charge >= 0.3 is 11.9 Å². The van der Waals surface area contributed by atoms with E-state index in [1.807, 2.05) is 6.92 Å². The summed E-state index contributed by atoms with van der Waals surface area (Å²) in [5.41, 5.74) is -0.357. The Balaban J connectivity index is 0.00000363. The maximum Gasteiger partial charge on any atom is 0.330 e. The van der Waals surface area contributed by atoms with Crippen LogP contribution in [0.4, 0.5) is 0 Å². The van der Waals surface area contributed by atoms with Crippen molar-refractivity contribution in [3.05, 3.63) is 11.6 Å². The standard InChI is InChI=1S/C24H37NO6.ClH/c1-14-15(12-20(28)31-11-10-25-4)6-7-16-21(14)17(26)13-18-23(16,2)9-8-19(27)24(18,3)22(29)30-5;/h12,14,16,18-19,21,25,27H,6-11,13H2,1-5H3;1H/b15-12+;/t14-,16-,18+,19-,21-,23+,24+;/m0./s1. The molecule has 0 radical (unpaired) electrons. The number of ether oxygens (including phenoxy) is 2. The van der Waals surface area contributed by atoms with E-state index in [-0.39, 0.29) is 59.7 Å². The number of carbonyl (C=O) groups is 3. The average molecular weight is 472 g/mol. The predicted octanol–water partition coefficient (Wildman–Crippen LogP) is 2.69. The fraction of sp³-hybridized carbons (Fsp3) is 0.792. The van der Waals surface area contributed by atoms with Gasteiger partial charge in [-0.2, -0.15) is 0 Å². The molecule has 3 aliphatic carbocycles. The first-order chi connectivity index (χ1) is 14.6. The summed E-state index contributed by atoms with van der Waals surface area (Å²) in [6.07, 6.45) is 3.83. The molecule has 0 spiro atoms. The molecule has 8 heteroatoms. The zero-order valence-electron chi connectivity index (χ0n) is 19.8. The molecule has 3 rings (SSSR count). The summed E-state index contributed by atoms with van der Waals surface area (Å²) < 4.78 is 10.3. The summed E-state index contributed by atoms with van der Waals surface area (Å²) in [5.74, 6) is -1.03. The monoisotopic (exact) mass is 471 g/mol. The van der Waals surface area contributed by atoms with Crippen LogP contribution in [-0.4, -0.2) is 56.2 Å². The maximum absolute atomic E-state index is 13.4. The third-order valence-corrected chi connectivity index (χ3v) is 8.62. The minimum Gasteiger partial charge on any atom is -0.469 e. The van der Waals surface area contributed by atoms with Crippen LogP contribution in [0.3, 0.4) is 0 Å². The number of carbonyl (C=O) groups excluding carboxylic acids is 3. The summed E-state index contributed by atoms with van der Waals surface area (Å²) >= 11 is 0. The number of methoxy groups -OCH3 is 1. The number of esters is 2. The maximum atomic E-state index is 13.4. The van der Waals surface area contributed by atoms with E-state index >= 15 is 0 Å². The second-order valence-corrected chi connectivity index (χ2v) is 10.0. The lowest BCUT2D eigenvalue weighted by atomic mass is 9.42. The first-order valence-corrected chi connectivity index (χ1v) is 11.4. The van der Waals surface area contributed by atoms with Crippen molar-refractivity contribution < 1.29 is 29.0 Å². The van der Waals surface area contributed by atoms with Gasteiger partial charge in [0, 0.05) is 25.0 Å². The van der Waals surface area contributed by atoms with Crippen LogP contribution in [0.25, 0.3) is 0 Å². The van der Waals surface area contributed by atoms with Gasteiger partial charge in [0.25, 0.3) is 0 Å². The van der Waals surface area contributed by atoms with E-state index in [2.05, 4.69) is 12.2 Å². The zero-order valence-corrected chi connectivity index (χ0v) is 20.6. The number of rotatable bonds is 5. The highest BCUT2D eigenvalue weighted by Gasteiger charge is 2.65. The predicted molar refractivity (Wildman–Crippen MR) is 122 cm³/mol. The van der Waals surface area contributed by atoms with Gasteiger partial charge in [-0.15, -0.1) is 12.4 Å². The Kier molecular flexibility index (Phi) is 8.57. The van der Waals surface area contributed by atoms with Crippen molar-refractivity contribution >= 4 is 30.1 Å². The number of aliphatic hydroxyl groups is 1. The number of allylic oxidation sites excluding steroid dienone is 1. The average Bonchev–Trinajstić information content (AvgIpc) is 2.74. The van der Waals surface area contributed by atoms with Gasteiger partial charge in [-0.1, -0.05) is 19.4 Å². The molecule has 0 heterocycles. The fourth-order valence-electron chi connectivity index (χ4n) is 6.77. The summed E-state index contributed by atoms with van der Waals surface area (Å²) in [5, 5.41) is 13.7. The Morgan fingerprint density at radius 1 is 1.28 bits per heavy atom. The number of ketones is 1. The molecule has 3 saturated carbocycles. The van der Waals surface area contributed by atoms with Gasteiger partial charge < -0.3 is 19.9 Å². The van der Waals surface area contributed by atoms with Crippen molar-refractivity contribution in [3.63, 3.8) is 0 Å². The Morgan fingerprint density at radius 2 is 1.97 bits per heavy atom. The Hall–Kier alpha value is -1.44. The van der Waals surface area contributed by atoms with E-state index in [1.165, 1.54) is 7.11 Å². The third-order valence-electron chi connectivity index (χ3n) is 8.62. The molecular weight excluding hydrogens is 434 g/mol. The van der Waals surface area contributed by atoms with Crippen LogP contribution >= 0.6 is 12.4 Å². The lowest BCUT2D eigenvalue weighted by Crippen LogP contribution is -2.63. The molecule has 7 nitrogen and oxygen atoms in total. The number of hydrogen-bond acceptors (Lipinski definition) is 7. The van der Waals surface area contributed by atoms with E-state index in [4.69, 9.17) is 9.47 Å². The highest BCUT2D eigenvalue weighted by molar-refractivity contribution is 5.87. The number of fused-ring (bicyclic) bond motifs is 3. The molecule has 0 aromatic heterocycles. The highest BCUT2D eigenvalue weighted by Crippen LogP contribution is 2.64. The molecule has 0 aromatic carbocycles. The van der Waals surface area contributed by atoms with Gasteiger partial charge in [0.05, 0.1) is 18.6 Å². The number of hydrogen-bond donors (Lipinski definition) is 2. The number of nitrogens with one attached hydrogen (secondary N) is 1. The quantitative estimate of drug-likeness (QED) is 0.361. The van der Waals surface area contributed by atoms with Crippen molar-refractivity contribution in [1.29, 1.82) is 0 Å². The smallest absolute Gasteiger partial charge is 0.330 e. The van der Waals surface area contributed by atoms with Crippen molar-refractivity contribution in [3.8, 4) is 0 Å². The molecule has 0 bridgehead atoms. The molecule has 0 saturated heterocycles. The lowest BCUT2D eigenvalue weighted by molar-refractivity contribution is -0.197. The van der Waals surface area contributed by atoms with Crippen LogP contribution < -0.4 is 5.32 Å². The normalized spacial score (nSPS) is 40.0. The summed E-state index contributed by atoms with van der Waals surface area (Å²) in [6, 6.07) is 0.